The number of thiophene rings is 1. The fraction of sp³-hybridized carbons (Fsp3) is 0.400. The van der Waals surface area contributed by atoms with Gasteiger partial charge in [-0.25, -0.2) is 0 Å². The Morgan fingerprint density at radius 3 is 3.06 bits per heavy atom. The Balaban J connectivity index is 1.98. The van der Waals surface area contributed by atoms with Crippen LogP contribution in [-0.4, -0.2) is 12.0 Å². The van der Waals surface area contributed by atoms with Crippen LogP contribution in [0.5, 0.6) is 0 Å². The molecular formula is C15H18N2S. The molecule has 2 aromatic rings. The molecule has 0 bridgehead atoms. The number of rotatable bonds is 3. The van der Waals surface area contributed by atoms with E-state index in [-0.39, 0.29) is 0 Å². The lowest BCUT2D eigenvalue weighted by Crippen LogP contribution is -2.23. The number of nitrogens with one attached hydrogen (secondary N) is 1. The van der Waals surface area contributed by atoms with Crippen LogP contribution in [0, 0.1) is 6.92 Å². The number of fused-ring (bicyclic) bond motifs is 1. The molecule has 1 N–H and O–H groups in total. The number of likely N-dealkylation sites (N-methyl/N-ethyl adjacent to an activating group) is 1. The highest BCUT2D eigenvalue weighted by Crippen LogP contribution is 2.41. The molecule has 0 fully saturated rings. The molecule has 1 aliphatic carbocycles. The van der Waals surface area contributed by atoms with Crippen LogP contribution in [0.2, 0.25) is 0 Å². The van der Waals surface area contributed by atoms with Gasteiger partial charge in [0.25, 0.3) is 0 Å². The Bertz CT molecular complexity index is 547. The smallest absolute Gasteiger partial charge is 0.0485 e. The third-order valence-electron chi connectivity index (χ3n) is 3.95. The molecule has 94 valence electrons. The monoisotopic (exact) mass is 258 g/mol. The summed E-state index contributed by atoms with van der Waals surface area (Å²) < 4.78 is 0. The zero-order chi connectivity index (χ0) is 12.5. The molecule has 0 amide bonds. The lowest BCUT2D eigenvalue weighted by Gasteiger charge is -2.23. The first-order valence-electron chi connectivity index (χ1n) is 6.45. The second kappa shape index (κ2) is 4.82. The zero-order valence-electron chi connectivity index (χ0n) is 10.8. The minimum Gasteiger partial charge on any atom is -0.312 e. The van der Waals surface area contributed by atoms with Crippen molar-refractivity contribution in [3.8, 4) is 0 Å². The van der Waals surface area contributed by atoms with Crippen molar-refractivity contribution in [2.75, 3.05) is 7.05 Å². The molecule has 2 unspecified atom stereocenters. The van der Waals surface area contributed by atoms with Gasteiger partial charge < -0.3 is 5.32 Å². The SMILES string of the molecule is CNC(c1cscc1C)C1CCc2cccnc21. The Morgan fingerprint density at radius 1 is 1.44 bits per heavy atom. The quantitative estimate of drug-likeness (QED) is 0.912. The summed E-state index contributed by atoms with van der Waals surface area (Å²) in [6, 6.07) is 4.66. The van der Waals surface area contributed by atoms with Crippen LogP contribution in [0.15, 0.2) is 29.1 Å². The summed E-state index contributed by atoms with van der Waals surface area (Å²) in [4.78, 5) is 4.61. The van der Waals surface area contributed by atoms with Crippen molar-refractivity contribution in [2.45, 2.75) is 31.7 Å². The molecule has 3 rings (SSSR count). The van der Waals surface area contributed by atoms with Gasteiger partial charge in [0.05, 0.1) is 0 Å². The van der Waals surface area contributed by atoms with Crippen molar-refractivity contribution >= 4 is 11.3 Å². The lowest BCUT2D eigenvalue weighted by atomic mass is 9.90. The van der Waals surface area contributed by atoms with Gasteiger partial charge in [-0.1, -0.05) is 6.07 Å². The number of hydrogen-bond acceptors (Lipinski definition) is 3. The highest BCUT2D eigenvalue weighted by molar-refractivity contribution is 7.08. The maximum atomic E-state index is 4.61. The van der Waals surface area contributed by atoms with E-state index in [2.05, 4.69) is 41.1 Å². The van der Waals surface area contributed by atoms with Gasteiger partial charge in [-0.05, 0) is 60.3 Å². The maximum absolute atomic E-state index is 4.61. The summed E-state index contributed by atoms with van der Waals surface area (Å²) in [5.41, 5.74) is 5.55. The van der Waals surface area contributed by atoms with Gasteiger partial charge in [0.1, 0.15) is 0 Å². The van der Waals surface area contributed by atoms with Crippen molar-refractivity contribution < 1.29 is 0 Å². The number of aromatic nitrogens is 1. The molecular weight excluding hydrogens is 240 g/mol. The van der Waals surface area contributed by atoms with E-state index in [1.165, 1.54) is 28.8 Å². The van der Waals surface area contributed by atoms with E-state index < -0.39 is 0 Å². The Hall–Kier alpha value is -1.19. The molecule has 0 aromatic carbocycles. The summed E-state index contributed by atoms with van der Waals surface area (Å²) in [6.45, 7) is 2.20. The normalized spacial score (nSPS) is 19.8. The van der Waals surface area contributed by atoms with Crippen molar-refractivity contribution in [1.29, 1.82) is 0 Å². The summed E-state index contributed by atoms with van der Waals surface area (Å²) in [6.07, 6.45) is 4.28. The molecule has 1 aliphatic rings. The van der Waals surface area contributed by atoms with E-state index >= 15 is 0 Å². The Labute approximate surface area is 112 Å². The molecule has 0 saturated carbocycles. The van der Waals surface area contributed by atoms with Crippen LogP contribution < -0.4 is 5.32 Å². The van der Waals surface area contributed by atoms with Crippen molar-refractivity contribution in [2.24, 2.45) is 0 Å². The number of aryl methyl sites for hydroxylation is 2. The fourth-order valence-electron chi connectivity index (χ4n) is 3.03. The molecule has 18 heavy (non-hydrogen) atoms. The summed E-state index contributed by atoms with van der Waals surface area (Å²) >= 11 is 1.79. The van der Waals surface area contributed by atoms with E-state index in [9.17, 15) is 0 Å². The molecule has 0 aliphatic heterocycles. The maximum Gasteiger partial charge on any atom is 0.0485 e. The molecule has 2 atom stereocenters. The predicted molar refractivity (Wildman–Crippen MR) is 76.2 cm³/mol. The van der Waals surface area contributed by atoms with Gasteiger partial charge >= 0.3 is 0 Å². The summed E-state index contributed by atoms with van der Waals surface area (Å²) in [5.74, 6) is 0.513. The van der Waals surface area contributed by atoms with Crippen LogP contribution in [0.25, 0.3) is 0 Å². The first-order chi connectivity index (χ1) is 8.81. The second-order valence-electron chi connectivity index (χ2n) is 4.97. The molecule has 2 heterocycles. The largest absolute Gasteiger partial charge is 0.312 e. The standard InChI is InChI=1S/C15H18N2S/c1-10-8-18-9-13(10)15(16-2)12-6-5-11-4-3-7-17-14(11)12/h3-4,7-9,12,15-16H,5-6H2,1-2H3. The second-order valence-corrected chi connectivity index (χ2v) is 5.71. The van der Waals surface area contributed by atoms with E-state index in [1.807, 2.05) is 12.3 Å². The van der Waals surface area contributed by atoms with Gasteiger partial charge in [-0.2, -0.15) is 11.3 Å². The van der Waals surface area contributed by atoms with Crippen LogP contribution in [0.3, 0.4) is 0 Å². The molecule has 0 saturated heterocycles. The Morgan fingerprint density at radius 2 is 2.33 bits per heavy atom. The van der Waals surface area contributed by atoms with Gasteiger partial charge in [0.15, 0.2) is 0 Å². The van der Waals surface area contributed by atoms with Gasteiger partial charge in [0, 0.05) is 23.9 Å². The summed E-state index contributed by atoms with van der Waals surface area (Å²) in [5, 5.41) is 8.00. The third kappa shape index (κ3) is 1.88. The van der Waals surface area contributed by atoms with Crippen molar-refractivity contribution in [3.05, 3.63) is 51.5 Å². The van der Waals surface area contributed by atoms with Crippen LogP contribution in [-0.2, 0) is 6.42 Å². The van der Waals surface area contributed by atoms with E-state index in [1.54, 1.807) is 11.3 Å². The molecule has 0 spiro atoms. The highest BCUT2D eigenvalue weighted by atomic mass is 32.1. The van der Waals surface area contributed by atoms with Crippen molar-refractivity contribution in [1.82, 2.24) is 10.3 Å². The molecule has 2 aromatic heterocycles. The Kier molecular flexibility index (Phi) is 3.18. The molecule has 0 radical (unpaired) electrons. The zero-order valence-corrected chi connectivity index (χ0v) is 11.6. The van der Waals surface area contributed by atoms with Crippen LogP contribution in [0.1, 0.15) is 40.8 Å². The minimum absolute atomic E-state index is 0.396. The predicted octanol–water partition coefficient (Wildman–Crippen LogP) is 3.44. The number of nitrogens with zero attached hydrogens (tertiary/aromatic N) is 1. The first kappa shape index (κ1) is 11.9. The van der Waals surface area contributed by atoms with E-state index in [4.69, 9.17) is 0 Å². The van der Waals surface area contributed by atoms with E-state index in [0.717, 1.165) is 6.42 Å². The number of hydrogen-bond donors (Lipinski definition) is 1. The third-order valence-corrected chi connectivity index (χ3v) is 4.83. The summed E-state index contributed by atoms with van der Waals surface area (Å²) in [7, 11) is 2.06. The van der Waals surface area contributed by atoms with Crippen LogP contribution in [0.4, 0.5) is 0 Å². The number of pyridine rings is 1. The molecule has 3 heteroatoms. The lowest BCUT2D eigenvalue weighted by molar-refractivity contribution is 0.469. The van der Waals surface area contributed by atoms with Crippen LogP contribution >= 0.6 is 11.3 Å². The average molecular weight is 258 g/mol. The molecule has 2 nitrogen and oxygen atoms in total. The van der Waals surface area contributed by atoms with Gasteiger partial charge in [-0.3, -0.25) is 4.98 Å². The average Bonchev–Trinajstić information content (AvgIpc) is 2.99. The minimum atomic E-state index is 0.396. The van der Waals surface area contributed by atoms with Crippen molar-refractivity contribution in [3.63, 3.8) is 0 Å². The first-order valence-corrected chi connectivity index (χ1v) is 7.39. The topological polar surface area (TPSA) is 24.9 Å². The highest BCUT2D eigenvalue weighted by Gasteiger charge is 2.31. The van der Waals surface area contributed by atoms with E-state index in [0.29, 0.717) is 12.0 Å². The van der Waals surface area contributed by atoms with Gasteiger partial charge in [-0.15, -0.1) is 0 Å². The fourth-order valence-corrected chi connectivity index (χ4v) is 3.92. The van der Waals surface area contributed by atoms with Gasteiger partial charge in [0.2, 0.25) is 0 Å².